The summed E-state index contributed by atoms with van der Waals surface area (Å²) in [4.78, 5) is 20.8. The van der Waals surface area contributed by atoms with Crippen LogP contribution < -0.4 is 11.3 Å². The second-order valence-electron chi connectivity index (χ2n) is 4.78. The molecule has 1 unspecified atom stereocenters. The van der Waals surface area contributed by atoms with Crippen LogP contribution in [0.15, 0.2) is 18.2 Å². The SMILES string of the molecule is CCN1CCN(C(=O)c2cccc(NN)n2)CC1C. The molecule has 1 atom stereocenters. The van der Waals surface area contributed by atoms with Gasteiger partial charge in [0.15, 0.2) is 0 Å². The number of nitrogens with one attached hydrogen (secondary N) is 1. The van der Waals surface area contributed by atoms with E-state index in [1.54, 1.807) is 18.2 Å². The number of piperazine rings is 1. The van der Waals surface area contributed by atoms with Crippen molar-refractivity contribution in [3.8, 4) is 0 Å². The van der Waals surface area contributed by atoms with Crippen LogP contribution in [0, 0.1) is 0 Å². The van der Waals surface area contributed by atoms with Crippen molar-refractivity contribution in [3.05, 3.63) is 23.9 Å². The van der Waals surface area contributed by atoms with Gasteiger partial charge in [0.1, 0.15) is 11.5 Å². The van der Waals surface area contributed by atoms with Gasteiger partial charge in [0, 0.05) is 25.7 Å². The number of amides is 1. The maximum atomic E-state index is 12.4. The van der Waals surface area contributed by atoms with E-state index in [1.165, 1.54) is 0 Å². The van der Waals surface area contributed by atoms with Gasteiger partial charge in [-0.25, -0.2) is 10.8 Å². The largest absolute Gasteiger partial charge is 0.334 e. The highest BCUT2D eigenvalue weighted by Gasteiger charge is 2.26. The summed E-state index contributed by atoms with van der Waals surface area (Å²) in [6.45, 7) is 7.72. The number of pyridine rings is 1. The summed E-state index contributed by atoms with van der Waals surface area (Å²) in [5.41, 5.74) is 2.90. The predicted octanol–water partition coefficient (Wildman–Crippen LogP) is 0.533. The molecule has 1 aliphatic heterocycles. The van der Waals surface area contributed by atoms with Crippen LogP contribution in [0.5, 0.6) is 0 Å². The molecule has 0 spiro atoms. The Hall–Kier alpha value is -1.66. The number of hydrogen-bond donors (Lipinski definition) is 2. The highest BCUT2D eigenvalue weighted by Crippen LogP contribution is 2.13. The van der Waals surface area contributed by atoms with Gasteiger partial charge in [0.2, 0.25) is 0 Å². The molecule has 3 N–H and O–H groups in total. The molecule has 1 fully saturated rings. The molecular formula is C13H21N5O. The van der Waals surface area contributed by atoms with Crippen molar-refractivity contribution in [2.24, 2.45) is 5.84 Å². The Morgan fingerprint density at radius 3 is 2.95 bits per heavy atom. The van der Waals surface area contributed by atoms with Gasteiger partial charge in [0.05, 0.1) is 0 Å². The zero-order chi connectivity index (χ0) is 13.8. The number of rotatable bonds is 3. The molecular weight excluding hydrogens is 242 g/mol. The van der Waals surface area contributed by atoms with E-state index in [9.17, 15) is 4.79 Å². The van der Waals surface area contributed by atoms with Gasteiger partial charge in [-0.1, -0.05) is 13.0 Å². The zero-order valence-electron chi connectivity index (χ0n) is 11.5. The maximum absolute atomic E-state index is 12.4. The third-order valence-corrected chi connectivity index (χ3v) is 3.57. The number of nitrogens with two attached hydrogens (primary N) is 1. The van der Waals surface area contributed by atoms with E-state index in [1.807, 2.05) is 4.90 Å². The Bertz CT molecular complexity index is 450. The minimum Gasteiger partial charge on any atom is -0.334 e. The van der Waals surface area contributed by atoms with Gasteiger partial charge in [0.25, 0.3) is 5.91 Å². The average Bonchev–Trinajstić information content (AvgIpc) is 2.46. The third kappa shape index (κ3) is 3.02. The highest BCUT2D eigenvalue weighted by molar-refractivity contribution is 5.92. The first kappa shape index (κ1) is 13.8. The monoisotopic (exact) mass is 263 g/mol. The molecule has 1 amide bonds. The van der Waals surface area contributed by atoms with Gasteiger partial charge in [-0.2, -0.15) is 0 Å². The minimum atomic E-state index is -0.0281. The van der Waals surface area contributed by atoms with Crippen LogP contribution in [0.3, 0.4) is 0 Å². The van der Waals surface area contributed by atoms with Gasteiger partial charge >= 0.3 is 0 Å². The summed E-state index contributed by atoms with van der Waals surface area (Å²) >= 11 is 0. The smallest absolute Gasteiger partial charge is 0.272 e. The Morgan fingerprint density at radius 1 is 1.53 bits per heavy atom. The number of anilines is 1. The number of carbonyl (C=O) groups is 1. The van der Waals surface area contributed by atoms with Crippen LogP contribution in [-0.2, 0) is 0 Å². The molecule has 1 aromatic heterocycles. The average molecular weight is 263 g/mol. The Morgan fingerprint density at radius 2 is 2.32 bits per heavy atom. The molecule has 0 aromatic carbocycles. The summed E-state index contributed by atoms with van der Waals surface area (Å²) in [7, 11) is 0. The molecule has 1 saturated heterocycles. The molecule has 0 saturated carbocycles. The molecule has 1 aliphatic rings. The molecule has 0 bridgehead atoms. The standard InChI is InChI=1S/C13H21N5O/c1-3-17-7-8-18(9-10(17)2)13(19)11-5-4-6-12(15-11)16-14/h4-6,10H,3,7-9,14H2,1-2H3,(H,15,16). The lowest BCUT2D eigenvalue weighted by Crippen LogP contribution is -2.53. The third-order valence-electron chi connectivity index (χ3n) is 3.57. The van der Waals surface area contributed by atoms with Gasteiger partial charge < -0.3 is 10.3 Å². The van der Waals surface area contributed by atoms with Crippen LogP contribution in [0.4, 0.5) is 5.82 Å². The number of nitrogen functional groups attached to an aromatic ring is 1. The number of aromatic nitrogens is 1. The first-order chi connectivity index (χ1) is 9.15. The summed E-state index contributed by atoms with van der Waals surface area (Å²) in [6, 6.07) is 5.62. The Labute approximate surface area is 113 Å². The topological polar surface area (TPSA) is 74.5 Å². The Kier molecular flexibility index (Phi) is 4.34. The van der Waals surface area contributed by atoms with Crippen molar-refractivity contribution in [2.45, 2.75) is 19.9 Å². The maximum Gasteiger partial charge on any atom is 0.272 e. The summed E-state index contributed by atoms with van der Waals surface area (Å²) in [5.74, 6) is 5.79. The van der Waals surface area contributed by atoms with Crippen LogP contribution in [0.25, 0.3) is 0 Å². The van der Waals surface area contributed by atoms with E-state index in [4.69, 9.17) is 5.84 Å². The summed E-state index contributed by atoms with van der Waals surface area (Å²) in [5, 5.41) is 0. The van der Waals surface area contributed by atoms with E-state index < -0.39 is 0 Å². The quantitative estimate of drug-likeness (QED) is 0.615. The molecule has 104 valence electrons. The van der Waals surface area contributed by atoms with Crippen LogP contribution in [-0.4, -0.2) is 52.9 Å². The number of carbonyl (C=O) groups excluding carboxylic acids is 1. The molecule has 0 radical (unpaired) electrons. The normalized spacial score (nSPS) is 20.4. The molecule has 6 nitrogen and oxygen atoms in total. The van der Waals surface area contributed by atoms with Crippen molar-refractivity contribution >= 4 is 11.7 Å². The minimum absolute atomic E-state index is 0.0281. The number of hydrazine groups is 1. The number of nitrogens with zero attached hydrogens (tertiary/aromatic N) is 3. The van der Waals surface area contributed by atoms with Crippen molar-refractivity contribution in [1.29, 1.82) is 0 Å². The van der Waals surface area contributed by atoms with Gasteiger partial charge in [-0.05, 0) is 25.6 Å². The van der Waals surface area contributed by atoms with Gasteiger partial charge in [-0.3, -0.25) is 9.69 Å². The Balaban J connectivity index is 2.07. The fourth-order valence-electron chi connectivity index (χ4n) is 2.45. The lowest BCUT2D eigenvalue weighted by Gasteiger charge is -2.39. The molecule has 2 rings (SSSR count). The molecule has 6 heteroatoms. The van der Waals surface area contributed by atoms with E-state index in [-0.39, 0.29) is 5.91 Å². The molecule has 19 heavy (non-hydrogen) atoms. The fourth-order valence-corrected chi connectivity index (χ4v) is 2.45. The van der Waals surface area contributed by atoms with Crippen molar-refractivity contribution in [2.75, 3.05) is 31.6 Å². The first-order valence-corrected chi connectivity index (χ1v) is 6.62. The van der Waals surface area contributed by atoms with E-state index in [2.05, 4.69) is 29.2 Å². The molecule has 1 aromatic rings. The number of likely N-dealkylation sites (N-methyl/N-ethyl adjacent to an activating group) is 1. The lowest BCUT2D eigenvalue weighted by atomic mass is 10.1. The predicted molar refractivity (Wildman–Crippen MR) is 74.7 cm³/mol. The summed E-state index contributed by atoms with van der Waals surface area (Å²) < 4.78 is 0. The first-order valence-electron chi connectivity index (χ1n) is 6.62. The van der Waals surface area contributed by atoms with E-state index >= 15 is 0 Å². The van der Waals surface area contributed by atoms with Crippen LogP contribution in [0.1, 0.15) is 24.3 Å². The van der Waals surface area contributed by atoms with Crippen molar-refractivity contribution < 1.29 is 4.79 Å². The second-order valence-corrected chi connectivity index (χ2v) is 4.78. The van der Waals surface area contributed by atoms with E-state index in [0.29, 0.717) is 17.6 Å². The lowest BCUT2D eigenvalue weighted by molar-refractivity contribution is 0.0523. The fraction of sp³-hybridized carbons (Fsp3) is 0.538. The second kappa shape index (κ2) is 5.99. The van der Waals surface area contributed by atoms with Gasteiger partial charge in [-0.15, -0.1) is 0 Å². The van der Waals surface area contributed by atoms with Crippen molar-refractivity contribution in [3.63, 3.8) is 0 Å². The number of hydrogen-bond acceptors (Lipinski definition) is 5. The van der Waals surface area contributed by atoms with Crippen LogP contribution >= 0.6 is 0 Å². The summed E-state index contributed by atoms with van der Waals surface area (Å²) in [6.07, 6.45) is 0. The highest BCUT2D eigenvalue weighted by atomic mass is 16.2. The van der Waals surface area contributed by atoms with Crippen molar-refractivity contribution in [1.82, 2.24) is 14.8 Å². The molecule has 2 heterocycles. The molecule has 0 aliphatic carbocycles. The van der Waals surface area contributed by atoms with E-state index in [0.717, 1.165) is 26.2 Å². The van der Waals surface area contributed by atoms with Crippen LogP contribution in [0.2, 0.25) is 0 Å². The zero-order valence-corrected chi connectivity index (χ0v) is 11.5.